The van der Waals surface area contributed by atoms with Crippen molar-refractivity contribution in [3.63, 3.8) is 0 Å². The van der Waals surface area contributed by atoms with Gasteiger partial charge in [-0.15, -0.1) is 0 Å². The standard InChI is InChI=1S/C14H21N7/c1-20(2)14-18-12(17-13(15)19-14)9-21-8-4-6-11(21)10-5-3-7-16-10/h3,5,7,11,16H,4,6,8-9H2,1-2H3,(H2,15,17,18,19)/t11-/m0/s1. The molecular weight excluding hydrogens is 266 g/mol. The fourth-order valence-electron chi connectivity index (χ4n) is 2.80. The first-order valence-corrected chi connectivity index (χ1v) is 7.18. The van der Waals surface area contributed by atoms with Gasteiger partial charge in [-0.1, -0.05) is 0 Å². The van der Waals surface area contributed by atoms with Crippen molar-refractivity contribution in [2.45, 2.75) is 25.4 Å². The zero-order chi connectivity index (χ0) is 14.8. The second-order valence-electron chi connectivity index (χ2n) is 5.56. The Bertz CT molecular complexity index is 593. The quantitative estimate of drug-likeness (QED) is 0.878. The van der Waals surface area contributed by atoms with Gasteiger partial charge >= 0.3 is 0 Å². The van der Waals surface area contributed by atoms with Gasteiger partial charge in [0.1, 0.15) is 5.82 Å². The van der Waals surface area contributed by atoms with Crippen LogP contribution < -0.4 is 10.6 Å². The highest BCUT2D eigenvalue weighted by Gasteiger charge is 2.27. The molecule has 0 radical (unpaired) electrons. The number of nitrogens with one attached hydrogen (secondary N) is 1. The number of rotatable bonds is 4. The normalized spacial score (nSPS) is 19.0. The topological polar surface area (TPSA) is 87.0 Å². The van der Waals surface area contributed by atoms with E-state index in [1.54, 1.807) is 0 Å². The molecule has 0 aromatic carbocycles. The Morgan fingerprint density at radius 2 is 2.24 bits per heavy atom. The minimum atomic E-state index is 0.277. The van der Waals surface area contributed by atoms with Crippen molar-refractivity contribution in [3.05, 3.63) is 29.8 Å². The molecule has 0 unspecified atom stereocenters. The second kappa shape index (κ2) is 5.69. The van der Waals surface area contributed by atoms with Gasteiger partial charge in [-0.25, -0.2) is 0 Å². The first-order valence-electron chi connectivity index (χ1n) is 7.18. The highest BCUT2D eigenvalue weighted by molar-refractivity contribution is 5.32. The Balaban J connectivity index is 1.79. The van der Waals surface area contributed by atoms with Gasteiger partial charge in [-0.2, -0.15) is 15.0 Å². The molecule has 1 aliphatic rings. The summed E-state index contributed by atoms with van der Waals surface area (Å²) in [6, 6.07) is 4.58. The highest BCUT2D eigenvalue weighted by Crippen LogP contribution is 2.31. The van der Waals surface area contributed by atoms with Gasteiger partial charge in [0.05, 0.1) is 12.6 Å². The van der Waals surface area contributed by atoms with Crippen molar-refractivity contribution in [1.29, 1.82) is 0 Å². The summed E-state index contributed by atoms with van der Waals surface area (Å²) in [6.07, 6.45) is 4.31. The molecule has 1 fully saturated rings. The van der Waals surface area contributed by atoms with Crippen LogP contribution in [0.4, 0.5) is 11.9 Å². The predicted octanol–water partition coefficient (Wildman–Crippen LogP) is 1.18. The summed E-state index contributed by atoms with van der Waals surface area (Å²) in [5.41, 5.74) is 7.04. The van der Waals surface area contributed by atoms with Crippen LogP contribution in [0.15, 0.2) is 18.3 Å². The van der Waals surface area contributed by atoms with Gasteiger partial charge < -0.3 is 15.6 Å². The summed E-state index contributed by atoms with van der Waals surface area (Å²) >= 11 is 0. The molecule has 112 valence electrons. The lowest BCUT2D eigenvalue weighted by Gasteiger charge is -2.23. The number of H-pyrrole nitrogens is 1. The lowest BCUT2D eigenvalue weighted by Crippen LogP contribution is -2.25. The van der Waals surface area contributed by atoms with E-state index in [1.165, 1.54) is 12.1 Å². The molecule has 3 rings (SSSR count). The summed E-state index contributed by atoms with van der Waals surface area (Å²) in [5.74, 6) is 1.61. The van der Waals surface area contributed by atoms with E-state index >= 15 is 0 Å². The Kier molecular flexibility index (Phi) is 3.74. The Morgan fingerprint density at radius 3 is 2.95 bits per heavy atom. The van der Waals surface area contributed by atoms with Gasteiger partial charge in [0.2, 0.25) is 11.9 Å². The summed E-state index contributed by atoms with van der Waals surface area (Å²) in [7, 11) is 3.80. The molecule has 1 atom stereocenters. The number of aromatic nitrogens is 4. The number of nitrogen functional groups attached to an aromatic ring is 1. The molecule has 2 aromatic heterocycles. The molecule has 7 nitrogen and oxygen atoms in total. The van der Waals surface area contributed by atoms with Crippen molar-refractivity contribution < 1.29 is 0 Å². The van der Waals surface area contributed by atoms with Crippen molar-refractivity contribution in [3.8, 4) is 0 Å². The largest absolute Gasteiger partial charge is 0.368 e. The highest BCUT2D eigenvalue weighted by atomic mass is 15.3. The van der Waals surface area contributed by atoms with Gasteiger partial charge in [-0.3, -0.25) is 4.90 Å². The van der Waals surface area contributed by atoms with E-state index in [2.05, 4.69) is 30.9 Å². The van der Waals surface area contributed by atoms with Crippen molar-refractivity contribution in [2.75, 3.05) is 31.3 Å². The molecule has 1 saturated heterocycles. The van der Waals surface area contributed by atoms with Crippen LogP contribution in [0.25, 0.3) is 0 Å². The maximum Gasteiger partial charge on any atom is 0.229 e. The van der Waals surface area contributed by atoms with Crippen LogP contribution in [0.1, 0.15) is 30.4 Å². The van der Waals surface area contributed by atoms with Gasteiger partial charge in [0.15, 0.2) is 0 Å². The fourth-order valence-corrected chi connectivity index (χ4v) is 2.80. The molecular formula is C14H21N7. The maximum absolute atomic E-state index is 5.79. The predicted molar refractivity (Wildman–Crippen MR) is 81.7 cm³/mol. The molecule has 0 amide bonds. The Hall–Kier alpha value is -2.15. The van der Waals surface area contributed by atoms with E-state index < -0.39 is 0 Å². The van der Waals surface area contributed by atoms with Crippen LogP contribution in [-0.4, -0.2) is 45.5 Å². The molecule has 3 heterocycles. The second-order valence-corrected chi connectivity index (χ2v) is 5.56. The minimum Gasteiger partial charge on any atom is -0.368 e. The van der Waals surface area contributed by atoms with Crippen LogP contribution in [0.5, 0.6) is 0 Å². The zero-order valence-corrected chi connectivity index (χ0v) is 12.5. The minimum absolute atomic E-state index is 0.277. The van der Waals surface area contributed by atoms with Crippen molar-refractivity contribution in [2.24, 2.45) is 0 Å². The van der Waals surface area contributed by atoms with Crippen molar-refractivity contribution in [1.82, 2.24) is 24.8 Å². The van der Waals surface area contributed by atoms with Crippen LogP contribution in [-0.2, 0) is 6.54 Å². The van der Waals surface area contributed by atoms with Crippen LogP contribution in [0.2, 0.25) is 0 Å². The van der Waals surface area contributed by atoms with Gasteiger partial charge in [0, 0.05) is 26.0 Å². The lowest BCUT2D eigenvalue weighted by atomic mass is 10.1. The number of nitrogens with two attached hydrogens (primary N) is 1. The molecule has 7 heteroatoms. The third kappa shape index (κ3) is 2.97. The number of aromatic amines is 1. The summed E-state index contributed by atoms with van der Waals surface area (Å²) < 4.78 is 0. The number of anilines is 2. The molecule has 0 spiro atoms. The third-order valence-electron chi connectivity index (χ3n) is 3.78. The van der Waals surface area contributed by atoms with Crippen LogP contribution >= 0.6 is 0 Å². The Labute approximate surface area is 124 Å². The molecule has 21 heavy (non-hydrogen) atoms. The zero-order valence-electron chi connectivity index (χ0n) is 12.5. The van der Waals surface area contributed by atoms with E-state index in [0.29, 0.717) is 18.5 Å². The number of hydrogen-bond donors (Lipinski definition) is 2. The van der Waals surface area contributed by atoms with E-state index in [-0.39, 0.29) is 5.95 Å². The maximum atomic E-state index is 5.79. The van der Waals surface area contributed by atoms with E-state index in [9.17, 15) is 0 Å². The lowest BCUT2D eigenvalue weighted by molar-refractivity contribution is 0.239. The van der Waals surface area contributed by atoms with E-state index in [1.807, 2.05) is 31.3 Å². The van der Waals surface area contributed by atoms with Crippen molar-refractivity contribution >= 4 is 11.9 Å². The SMILES string of the molecule is CN(C)c1nc(N)nc(CN2CCC[C@H]2c2ccc[nH]2)n1. The smallest absolute Gasteiger partial charge is 0.229 e. The first-order chi connectivity index (χ1) is 10.1. The number of likely N-dealkylation sites (tertiary alicyclic amines) is 1. The Morgan fingerprint density at radius 1 is 1.38 bits per heavy atom. The van der Waals surface area contributed by atoms with Crippen LogP contribution in [0.3, 0.4) is 0 Å². The number of hydrogen-bond acceptors (Lipinski definition) is 6. The molecule has 0 aliphatic carbocycles. The van der Waals surface area contributed by atoms with Crippen LogP contribution in [0, 0.1) is 0 Å². The summed E-state index contributed by atoms with van der Waals surface area (Å²) in [5, 5.41) is 0. The average molecular weight is 287 g/mol. The summed E-state index contributed by atoms with van der Waals surface area (Å²) in [4.78, 5) is 20.4. The summed E-state index contributed by atoms with van der Waals surface area (Å²) in [6.45, 7) is 1.74. The third-order valence-corrected chi connectivity index (χ3v) is 3.78. The molecule has 0 bridgehead atoms. The van der Waals surface area contributed by atoms with Gasteiger partial charge in [0.25, 0.3) is 0 Å². The monoisotopic (exact) mass is 287 g/mol. The molecule has 3 N–H and O–H groups in total. The first kappa shape index (κ1) is 13.8. The average Bonchev–Trinajstić information content (AvgIpc) is 3.08. The van der Waals surface area contributed by atoms with E-state index in [4.69, 9.17) is 5.73 Å². The van der Waals surface area contributed by atoms with E-state index in [0.717, 1.165) is 18.8 Å². The fraction of sp³-hybridized carbons (Fsp3) is 0.500. The molecule has 1 aliphatic heterocycles. The molecule has 0 saturated carbocycles. The van der Waals surface area contributed by atoms with Gasteiger partial charge in [-0.05, 0) is 31.5 Å². The molecule has 2 aromatic rings. The number of nitrogens with zero attached hydrogens (tertiary/aromatic N) is 5.